The minimum Gasteiger partial charge on any atom is -0.378 e. The molecule has 0 aliphatic rings. The molecule has 2 nitrogen and oxygen atoms in total. The largest absolute Gasteiger partial charge is 0.378 e. The Morgan fingerprint density at radius 2 is 1.47 bits per heavy atom. The van der Waals surface area contributed by atoms with Crippen molar-refractivity contribution in [3.63, 3.8) is 0 Å². The highest BCUT2D eigenvalue weighted by Crippen LogP contribution is 2.16. The molecule has 0 radical (unpaired) electrons. The van der Waals surface area contributed by atoms with Crippen LogP contribution in [0.1, 0.15) is 65.7 Å². The Hall–Kier alpha value is -0.0800. The first-order valence-corrected chi connectivity index (χ1v) is 6.57. The van der Waals surface area contributed by atoms with Crippen molar-refractivity contribution in [3.8, 4) is 0 Å². The van der Waals surface area contributed by atoms with Crippen LogP contribution in [-0.4, -0.2) is 29.3 Å². The minimum atomic E-state index is -0.260. The smallest absolute Gasteiger partial charge is 0.107 e. The number of nitrogens with zero attached hydrogens (tertiary/aromatic N) is 1. The molecule has 0 fully saturated rings. The number of aliphatic hydroxyl groups is 1. The zero-order chi connectivity index (χ0) is 11.7. The number of hydrogen-bond donors (Lipinski definition) is 1. The Labute approximate surface area is 95.7 Å². The first-order valence-electron chi connectivity index (χ1n) is 6.57. The molecule has 0 amide bonds. The van der Waals surface area contributed by atoms with E-state index in [4.69, 9.17) is 0 Å². The standard InChI is InChI=1S/C13H29NO/c1-5-8-10-12(11-9-6-2)14(4)13(15)7-3/h12-13,15H,5-11H2,1-4H3. The molecule has 0 heterocycles. The molecule has 0 aromatic carbocycles. The van der Waals surface area contributed by atoms with Crippen LogP contribution in [0.25, 0.3) is 0 Å². The molecule has 0 saturated carbocycles. The summed E-state index contributed by atoms with van der Waals surface area (Å²) in [6.07, 6.45) is 8.06. The van der Waals surface area contributed by atoms with Gasteiger partial charge in [-0.3, -0.25) is 4.90 Å². The average molecular weight is 215 g/mol. The molecular weight excluding hydrogens is 186 g/mol. The predicted molar refractivity (Wildman–Crippen MR) is 66.9 cm³/mol. The Morgan fingerprint density at radius 3 is 1.80 bits per heavy atom. The van der Waals surface area contributed by atoms with Crippen LogP contribution in [0.2, 0.25) is 0 Å². The van der Waals surface area contributed by atoms with E-state index < -0.39 is 0 Å². The molecule has 92 valence electrons. The molecular formula is C13H29NO. The topological polar surface area (TPSA) is 23.5 Å². The molecule has 0 aromatic rings. The third kappa shape index (κ3) is 6.16. The molecule has 0 aliphatic heterocycles. The highest BCUT2D eigenvalue weighted by molar-refractivity contribution is 4.70. The molecule has 1 unspecified atom stereocenters. The molecule has 0 bridgehead atoms. The van der Waals surface area contributed by atoms with E-state index in [1.54, 1.807) is 0 Å². The fourth-order valence-electron chi connectivity index (χ4n) is 1.96. The van der Waals surface area contributed by atoms with Crippen molar-refractivity contribution in [1.82, 2.24) is 4.90 Å². The first-order chi connectivity index (χ1) is 7.17. The average Bonchev–Trinajstić information content (AvgIpc) is 2.27. The van der Waals surface area contributed by atoms with E-state index in [-0.39, 0.29) is 6.23 Å². The van der Waals surface area contributed by atoms with Crippen molar-refractivity contribution in [2.45, 2.75) is 78.0 Å². The van der Waals surface area contributed by atoms with Gasteiger partial charge in [0.2, 0.25) is 0 Å². The van der Waals surface area contributed by atoms with Gasteiger partial charge >= 0.3 is 0 Å². The fraction of sp³-hybridized carbons (Fsp3) is 1.00. The highest BCUT2D eigenvalue weighted by Gasteiger charge is 2.18. The molecule has 0 aliphatic carbocycles. The predicted octanol–water partition coefficient (Wildman–Crippen LogP) is 3.40. The Balaban J connectivity index is 4.06. The number of unbranched alkanes of at least 4 members (excludes halogenated alkanes) is 2. The van der Waals surface area contributed by atoms with Gasteiger partial charge in [-0.2, -0.15) is 0 Å². The lowest BCUT2D eigenvalue weighted by Gasteiger charge is -2.31. The summed E-state index contributed by atoms with van der Waals surface area (Å²) in [7, 11) is 2.06. The van der Waals surface area contributed by atoms with Crippen molar-refractivity contribution in [2.75, 3.05) is 7.05 Å². The number of rotatable bonds is 9. The summed E-state index contributed by atoms with van der Waals surface area (Å²) in [4.78, 5) is 2.16. The van der Waals surface area contributed by atoms with Gasteiger partial charge in [-0.25, -0.2) is 0 Å². The first kappa shape index (κ1) is 14.9. The second kappa shape index (κ2) is 9.17. The maximum Gasteiger partial charge on any atom is 0.107 e. The van der Waals surface area contributed by atoms with Crippen molar-refractivity contribution in [3.05, 3.63) is 0 Å². The quantitative estimate of drug-likeness (QED) is 0.596. The molecule has 2 heteroatoms. The second-order valence-corrected chi connectivity index (χ2v) is 4.49. The normalized spacial score (nSPS) is 13.8. The highest BCUT2D eigenvalue weighted by atomic mass is 16.3. The summed E-state index contributed by atoms with van der Waals surface area (Å²) < 4.78 is 0. The van der Waals surface area contributed by atoms with Gasteiger partial charge in [0.15, 0.2) is 0 Å². The van der Waals surface area contributed by atoms with Crippen molar-refractivity contribution >= 4 is 0 Å². The Kier molecular flexibility index (Phi) is 9.12. The van der Waals surface area contributed by atoms with E-state index in [9.17, 15) is 5.11 Å². The molecule has 1 N–H and O–H groups in total. The van der Waals surface area contributed by atoms with E-state index in [0.717, 1.165) is 6.42 Å². The van der Waals surface area contributed by atoms with Gasteiger partial charge in [-0.1, -0.05) is 46.5 Å². The summed E-state index contributed by atoms with van der Waals surface area (Å²) in [5.41, 5.74) is 0. The monoisotopic (exact) mass is 215 g/mol. The summed E-state index contributed by atoms with van der Waals surface area (Å²) in [6, 6.07) is 0.569. The lowest BCUT2D eigenvalue weighted by Crippen LogP contribution is -2.39. The third-order valence-electron chi connectivity index (χ3n) is 3.19. The van der Waals surface area contributed by atoms with Crippen LogP contribution in [0.5, 0.6) is 0 Å². The van der Waals surface area contributed by atoms with Crippen LogP contribution >= 0.6 is 0 Å². The van der Waals surface area contributed by atoms with Crippen LogP contribution in [0.3, 0.4) is 0 Å². The van der Waals surface area contributed by atoms with E-state index in [2.05, 4.69) is 25.8 Å². The summed E-state index contributed by atoms with van der Waals surface area (Å²) >= 11 is 0. The summed E-state index contributed by atoms with van der Waals surface area (Å²) in [5.74, 6) is 0. The van der Waals surface area contributed by atoms with Crippen molar-refractivity contribution in [1.29, 1.82) is 0 Å². The lowest BCUT2D eigenvalue weighted by molar-refractivity contribution is -0.0137. The summed E-state index contributed by atoms with van der Waals surface area (Å²) in [6.45, 7) is 6.50. The second-order valence-electron chi connectivity index (χ2n) is 4.49. The summed E-state index contributed by atoms with van der Waals surface area (Å²) in [5, 5.41) is 9.82. The van der Waals surface area contributed by atoms with Crippen LogP contribution in [-0.2, 0) is 0 Å². The molecule has 0 aromatic heterocycles. The molecule has 1 atom stereocenters. The zero-order valence-electron chi connectivity index (χ0n) is 11.0. The minimum absolute atomic E-state index is 0.260. The van der Waals surface area contributed by atoms with Gasteiger partial charge in [0.1, 0.15) is 6.23 Å². The number of aliphatic hydroxyl groups excluding tert-OH is 1. The molecule has 15 heavy (non-hydrogen) atoms. The van der Waals surface area contributed by atoms with Crippen LogP contribution < -0.4 is 0 Å². The van der Waals surface area contributed by atoms with Crippen molar-refractivity contribution < 1.29 is 5.11 Å². The van der Waals surface area contributed by atoms with Gasteiger partial charge in [0, 0.05) is 6.04 Å². The molecule has 0 rings (SSSR count). The molecule has 0 saturated heterocycles. The van der Waals surface area contributed by atoms with Gasteiger partial charge in [0.25, 0.3) is 0 Å². The van der Waals surface area contributed by atoms with Gasteiger partial charge < -0.3 is 5.11 Å². The maximum absolute atomic E-state index is 9.82. The van der Waals surface area contributed by atoms with Crippen molar-refractivity contribution in [2.24, 2.45) is 0 Å². The zero-order valence-corrected chi connectivity index (χ0v) is 11.0. The van der Waals surface area contributed by atoms with Crippen LogP contribution in [0.15, 0.2) is 0 Å². The van der Waals surface area contributed by atoms with E-state index in [1.807, 2.05) is 6.92 Å². The third-order valence-corrected chi connectivity index (χ3v) is 3.19. The van der Waals surface area contributed by atoms with Gasteiger partial charge in [-0.05, 0) is 26.3 Å². The van der Waals surface area contributed by atoms with Crippen LogP contribution in [0.4, 0.5) is 0 Å². The van der Waals surface area contributed by atoms with E-state index in [1.165, 1.54) is 38.5 Å². The number of hydrogen-bond acceptors (Lipinski definition) is 2. The lowest BCUT2D eigenvalue weighted by atomic mass is 10.0. The SMILES string of the molecule is CCCCC(CCCC)N(C)C(O)CC. The van der Waals surface area contributed by atoms with E-state index >= 15 is 0 Å². The molecule has 0 spiro atoms. The Morgan fingerprint density at radius 1 is 1.00 bits per heavy atom. The van der Waals surface area contributed by atoms with E-state index in [0.29, 0.717) is 6.04 Å². The van der Waals surface area contributed by atoms with Gasteiger partial charge in [0.05, 0.1) is 0 Å². The maximum atomic E-state index is 9.82. The Bertz CT molecular complexity index is 130. The fourth-order valence-corrected chi connectivity index (χ4v) is 1.96. The van der Waals surface area contributed by atoms with Crippen LogP contribution in [0, 0.1) is 0 Å². The van der Waals surface area contributed by atoms with Gasteiger partial charge in [-0.15, -0.1) is 0 Å².